The highest BCUT2D eigenvalue weighted by atomic mass is 16.3. The number of hydrogen-bond acceptors (Lipinski definition) is 3. The normalized spacial score (nSPS) is 31.6. The van der Waals surface area contributed by atoms with E-state index in [9.17, 15) is 0 Å². The van der Waals surface area contributed by atoms with Gasteiger partial charge in [-0.15, -0.1) is 0 Å². The second-order valence-corrected chi connectivity index (χ2v) is 4.58. The van der Waals surface area contributed by atoms with E-state index in [0.717, 1.165) is 13.1 Å². The van der Waals surface area contributed by atoms with Crippen molar-refractivity contribution in [3.63, 3.8) is 0 Å². The van der Waals surface area contributed by atoms with Crippen molar-refractivity contribution in [3.8, 4) is 0 Å². The molecule has 1 aliphatic heterocycles. The van der Waals surface area contributed by atoms with E-state index in [1.165, 1.54) is 32.2 Å². The van der Waals surface area contributed by atoms with E-state index in [1.807, 2.05) is 0 Å². The summed E-state index contributed by atoms with van der Waals surface area (Å²) in [6, 6.07) is 0.637. The van der Waals surface area contributed by atoms with Gasteiger partial charge >= 0.3 is 0 Å². The van der Waals surface area contributed by atoms with E-state index < -0.39 is 0 Å². The molecule has 0 amide bonds. The molecule has 3 nitrogen and oxygen atoms in total. The first-order valence-corrected chi connectivity index (χ1v) is 5.40. The number of nitrogens with one attached hydrogen (secondary N) is 2. The summed E-state index contributed by atoms with van der Waals surface area (Å²) in [6.45, 7) is 3.64. The molecule has 2 fully saturated rings. The average molecular weight is 184 g/mol. The monoisotopic (exact) mass is 184 g/mol. The van der Waals surface area contributed by atoms with Gasteiger partial charge in [0, 0.05) is 31.2 Å². The Morgan fingerprint density at radius 3 is 2.85 bits per heavy atom. The van der Waals surface area contributed by atoms with Gasteiger partial charge in [-0.1, -0.05) is 0 Å². The maximum atomic E-state index is 9.13. The van der Waals surface area contributed by atoms with Gasteiger partial charge < -0.3 is 15.7 Å². The fourth-order valence-electron chi connectivity index (χ4n) is 1.95. The Morgan fingerprint density at radius 2 is 2.31 bits per heavy atom. The van der Waals surface area contributed by atoms with Gasteiger partial charge in [0.2, 0.25) is 0 Å². The van der Waals surface area contributed by atoms with Gasteiger partial charge in [0.1, 0.15) is 0 Å². The summed E-state index contributed by atoms with van der Waals surface area (Å²) in [5.74, 6) is 0. The molecule has 13 heavy (non-hydrogen) atoms. The Labute approximate surface area is 79.9 Å². The Balaban J connectivity index is 1.66. The molecule has 0 radical (unpaired) electrons. The summed E-state index contributed by atoms with van der Waals surface area (Å²) in [4.78, 5) is 0. The second-order valence-electron chi connectivity index (χ2n) is 4.58. The molecule has 0 aromatic carbocycles. The zero-order valence-electron chi connectivity index (χ0n) is 8.18. The molecule has 0 spiro atoms. The maximum absolute atomic E-state index is 9.13. The smallest absolute Gasteiger partial charge is 0.0499 e. The second kappa shape index (κ2) is 3.95. The molecule has 2 rings (SSSR count). The van der Waals surface area contributed by atoms with Crippen LogP contribution < -0.4 is 10.6 Å². The van der Waals surface area contributed by atoms with E-state index in [0.29, 0.717) is 12.6 Å². The lowest BCUT2D eigenvalue weighted by Crippen LogP contribution is -2.45. The van der Waals surface area contributed by atoms with Crippen LogP contribution in [-0.2, 0) is 0 Å². The third kappa shape index (κ3) is 2.42. The predicted molar refractivity (Wildman–Crippen MR) is 52.6 cm³/mol. The molecule has 76 valence electrons. The van der Waals surface area contributed by atoms with Crippen LogP contribution in [0.4, 0.5) is 0 Å². The molecule has 1 heterocycles. The van der Waals surface area contributed by atoms with Crippen LogP contribution in [0.5, 0.6) is 0 Å². The van der Waals surface area contributed by atoms with Gasteiger partial charge in [0.25, 0.3) is 0 Å². The third-order valence-corrected chi connectivity index (χ3v) is 3.36. The van der Waals surface area contributed by atoms with Crippen LogP contribution in [0.1, 0.15) is 25.7 Å². The predicted octanol–water partition coefficient (Wildman–Crippen LogP) is 0.100. The molecule has 1 saturated carbocycles. The molecule has 1 unspecified atom stereocenters. The standard InChI is InChI=1S/C10H20N2O/c13-8-10(3-4-10)7-12-9-2-1-5-11-6-9/h9,11-13H,1-8H2. The summed E-state index contributed by atoms with van der Waals surface area (Å²) in [7, 11) is 0. The van der Waals surface area contributed by atoms with Crippen LogP contribution in [-0.4, -0.2) is 37.4 Å². The first-order valence-electron chi connectivity index (χ1n) is 5.40. The summed E-state index contributed by atoms with van der Waals surface area (Å²) >= 11 is 0. The van der Waals surface area contributed by atoms with Crippen LogP contribution in [0, 0.1) is 5.41 Å². The zero-order valence-corrected chi connectivity index (χ0v) is 8.18. The van der Waals surface area contributed by atoms with Gasteiger partial charge in [-0.2, -0.15) is 0 Å². The molecule has 1 atom stereocenters. The van der Waals surface area contributed by atoms with Gasteiger partial charge in [-0.05, 0) is 32.2 Å². The Morgan fingerprint density at radius 1 is 1.46 bits per heavy atom. The van der Waals surface area contributed by atoms with Gasteiger partial charge in [0.05, 0.1) is 0 Å². The molecule has 3 N–H and O–H groups in total. The highest BCUT2D eigenvalue weighted by Crippen LogP contribution is 2.44. The fourth-order valence-corrected chi connectivity index (χ4v) is 1.95. The minimum Gasteiger partial charge on any atom is -0.396 e. The summed E-state index contributed by atoms with van der Waals surface area (Å²) in [5.41, 5.74) is 0.261. The number of aliphatic hydroxyl groups is 1. The molecule has 0 aromatic rings. The Hall–Kier alpha value is -0.120. The van der Waals surface area contributed by atoms with Crippen molar-refractivity contribution in [3.05, 3.63) is 0 Å². The van der Waals surface area contributed by atoms with Gasteiger partial charge in [0.15, 0.2) is 0 Å². The van der Waals surface area contributed by atoms with E-state index in [4.69, 9.17) is 5.11 Å². The van der Waals surface area contributed by atoms with E-state index in [-0.39, 0.29) is 5.41 Å². The number of piperidine rings is 1. The Kier molecular flexibility index (Phi) is 2.86. The lowest BCUT2D eigenvalue weighted by molar-refractivity contribution is 0.201. The van der Waals surface area contributed by atoms with Crippen LogP contribution in [0.2, 0.25) is 0 Å². The van der Waals surface area contributed by atoms with Crippen molar-refractivity contribution in [2.24, 2.45) is 5.41 Å². The van der Waals surface area contributed by atoms with E-state index in [1.54, 1.807) is 0 Å². The van der Waals surface area contributed by atoms with Crippen LogP contribution in [0.25, 0.3) is 0 Å². The maximum Gasteiger partial charge on any atom is 0.0499 e. The van der Waals surface area contributed by atoms with Crippen LogP contribution in [0.15, 0.2) is 0 Å². The SMILES string of the molecule is OCC1(CNC2CCCNC2)CC1. The topological polar surface area (TPSA) is 44.3 Å². The van der Waals surface area contributed by atoms with Crippen molar-refractivity contribution in [1.82, 2.24) is 10.6 Å². The lowest BCUT2D eigenvalue weighted by Gasteiger charge is -2.25. The first kappa shape index (κ1) is 9.44. The zero-order chi connectivity index (χ0) is 9.15. The van der Waals surface area contributed by atoms with Crippen molar-refractivity contribution in [1.29, 1.82) is 0 Å². The van der Waals surface area contributed by atoms with Crippen molar-refractivity contribution >= 4 is 0 Å². The number of aliphatic hydroxyl groups excluding tert-OH is 1. The molecular weight excluding hydrogens is 164 g/mol. The molecule has 0 aromatic heterocycles. The average Bonchev–Trinajstić information content (AvgIpc) is 2.97. The summed E-state index contributed by atoms with van der Waals surface area (Å²) in [5, 5.41) is 16.1. The van der Waals surface area contributed by atoms with Crippen molar-refractivity contribution < 1.29 is 5.11 Å². The third-order valence-electron chi connectivity index (χ3n) is 3.36. The lowest BCUT2D eigenvalue weighted by atomic mass is 10.0. The largest absolute Gasteiger partial charge is 0.396 e. The highest BCUT2D eigenvalue weighted by molar-refractivity contribution is 4.95. The van der Waals surface area contributed by atoms with Crippen LogP contribution >= 0.6 is 0 Å². The van der Waals surface area contributed by atoms with E-state index in [2.05, 4.69) is 10.6 Å². The summed E-state index contributed by atoms with van der Waals surface area (Å²) < 4.78 is 0. The van der Waals surface area contributed by atoms with E-state index >= 15 is 0 Å². The molecule has 1 aliphatic carbocycles. The highest BCUT2D eigenvalue weighted by Gasteiger charge is 2.41. The Bertz CT molecular complexity index is 162. The molecule has 0 bridgehead atoms. The first-order chi connectivity index (χ1) is 6.35. The van der Waals surface area contributed by atoms with Crippen LogP contribution in [0.3, 0.4) is 0 Å². The van der Waals surface area contributed by atoms with Crippen molar-refractivity contribution in [2.75, 3.05) is 26.2 Å². The summed E-state index contributed by atoms with van der Waals surface area (Å²) in [6.07, 6.45) is 4.98. The molecule has 2 aliphatic rings. The molecule has 1 saturated heterocycles. The fraction of sp³-hybridized carbons (Fsp3) is 1.00. The van der Waals surface area contributed by atoms with Crippen molar-refractivity contribution in [2.45, 2.75) is 31.7 Å². The quantitative estimate of drug-likeness (QED) is 0.580. The molecule has 3 heteroatoms. The number of hydrogen-bond donors (Lipinski definition) is 3. The van der Waals surface area contributed by atoms with Gasteiger partial charge in [-0.3, -0.25) is 0 Å². The minimum absolute atomic E-state index is 0.261. The minimum atomic E-state index is 0.261. The van der Waals surface area contributed by atoms with Gasteiger partial charge in [-0.25, -0.2) is 0 Å². The molecular formula is C10H20N2O. The number of rotatable bonds is 4.